The Balaban J connectivity index is 2.66. The van der Waals surface area contributed by atoms with E-state index >= 15 is 0 Å². The molecule has 0 unspecified atom stereocenters. The SMILES string of the molecule is CC(C)CNC(=O)[C@@H](C)Oc1ccccc1C(C)C. The number of nitrogens with one attached hydrogen (secondary N) is 1. The summed E-state index contributed by atoms with van der Waals surface area (Å²) < 4.78 is 5.79. The first-order valence-corrected chi connectivity index (χ1v) is 6.95. The summed E-state index contributed by atoms with van der Waals surface area (Å²) in [7, 11) is 0. The molecular formula is C16H25NO2. The van der Waals surface area contributed by atoms with E-state index in [1.54, 1.807) is 6.92 Å². The predicted molar refractivity (Wildman–Crippen MR) is 78.5 cm³/mol. The molecule has 1 aromatic carbocycles. The zero-order chi connectivity index (χ0) is 14.4. The highest BCUT2D eigenvalue weighted by Crippen LogP contribution is 2.26. The number of amides is 1. The van der Waals surface area contributed by atoms with Crippen LogP contribution in [-0.2, 0) is 4.79 Å². The van der Waals surface area contributed by atoms with Gasteiger partial charge in [0.25, 0.3) is 5.91 Å². The van der Waals surface area contributed by atoms with Gasteiger partial charge in [0.15, 0.2) is 6.10 Å². The van der Waals surface area contributed by atoms with Gasteiger partial charge in [0.05, 0.1) is 0 Å². The molecule has 0 aromatic heterocycles. The molecule has 1 atom stereocenters. The maximum atomic E-state index is 11.9. The molecule has 3 heteroatoms. The minimum Gasteiger partial charge on any atom is -0.481 e. The summed E-state index contributed by atoms with van der Waals surface area (Å²) in [4.78, 5) is 11.9. The van der Waals surface area contributed by atoms with Gasteiger partial charge in [-0.15, -0.1) is 0 Å². The second-order valence-electron chi connectivity index (χ2n) is 5.59. The maximum absolute atomic E-state index is 11.9. The second-order valence-corrected chi connectivity index (χ2v) is 5.59. The molecule has 0 aliphatic rings. The van der Waals surface area contributed by atoms with Crippen LogP contribution in [0.15, 0.2) is 24.3 Å². The van der Waals surface area contributed by atoms with Gasteiger partial charge >= 0.3 is 0 Å². The number of para-hydroxylation sites is 1. The number of ether oxygens (including phenoxy) is 1. The Morgan fingerprint density at radius 3 is 2.37 bits per heavy atom. The van der Waals surface area contributed by atoms with Gasteiger partial charge < -0.3 is 10.1 Å². The van der Waals surface area contributed by atoms with Crippen molar-refractivity contribution in [2.75, 3.05) is 6.54 Å². The molecule has 0 radical (unpaired) electrons. The van der Waals surface area contributed by atoms with Crippen LogP contribution in [-0.4, -0.2) is 18.6 Å². The fourth-order valence-electron chi connectivity index (χ4n) is 1.76. The minimum absolute atomic E-state index is 0.0627. The predicted octanol–water partition coefficient (Wildman–Crippen LogP) is 3.35. The van der Waals surface area contributed by atoms with E-state index in [1.165, 1.54) is 0 Å². The van der Waals surface area contributed by atoms with Crippen LogP contribution in [0.25, 0.3) is 0 Å². The Bertz CT molecular complexity index is 413. The average Bonchev–Trinajstić information content (AvgIpc) is 2.36. The molecular weight excluding hydrogens is 238 g/mol. The lowest BCUT2D eigenvalue weighted by atomic mass is 10.0. The average molecular weight is 263 g/mol. The number of rotatable bonds is 6. The normalized spacial score (nSPS) is 12.6. The Hall–Kier alpha value is -1.51. The Labute approximate surface area is 116 Å². The van der Waals surface area contributed by atoms with Crippen molar-refractivity contribution in [3.63, 3.8) is 0 Å². The molecule has 0 saturated carbocycles. The summed E-state index contributed by atoms with van der Waals surface area (Å²) in [5, 5.41) is 2.89. The number of hydrogen-bond donors (Lipinski definition) is 1. The van der Waals surface area contributed by atoms with Crippen molar-refractivity contribution in [3.05, 3.63) is 29.8 Å². The van der Waals surface area contributed by atoms with Gasteiger partial charge in [-0.05, 0) is 30.4 Å². The molecule has 0 saturated heterocycles. The van der Waals surface area contributed by atoms with Crippen molar-refractivity contribution >= 4 is 5.91 Å². The summed E-state index contributed by atoms with van der Waals surface area (Å²) in [6.45, 7) is 10.8. The lowest BCUT2D eigenvalue weighted by Gasteiger charge is -2.19. The van der Waals surface area contributed by atoms with Crippen LogP contribution >= 0.6 is 0 Å². The van der Waals surface area contributed by atoms with Crippen LogP contribution in [0.5, 0.6) is 5.75 Å². The van der Waals surface area contributed by atoms with Gasteiger partial charge in [0, 0.05) is 6.54 Å². The first-order chi connectivity index (χ1) is 8.91. The van der Waals surface area contributed by atoms with Crippen molar-refractivity contribution < 1.29 is 9.53 Å². The summed E-state index contributed by atoms with van der Waals surface area (Å²) in [5.74, 6) is 1.55. The molecule has 3 nitrogen and oxygen atoms in total. The molecule has 0 bridgehead atoms. The van der Waals surface area contributed by atoms with Crippen LogP contribution in [0.3, 0.4) is 0 Å². The van der Waals surface area contributed by atoms with Crippen LogP contribution in [0, 0.1) is 5.92 Å². The molecule has 106 valence electrons. The van der Waals surface area contributed by atoms with Gasteiger partial charge in [-0.1, -0.05) is 45.9 Å². The molecule has 1 rings (SSSR count). The van der Waals surface area contributed by atoms with E-state index in [-0.39, 0.29) is 5.91 Å². The molecule has 0 aliphatic carbocycles. The van der Waals surface area contributed by atoms with E-state index in [0.717, 1.165) is 11.3 Å². The van der Waals surface area contributed by atoms with Crippen molar-refractivity contribution in [2.24, 2.45) is 5.92 Å². The highest BCUT2D eigenvalue weighted by atomic mass is 16.5. The first kappa shape index (κ1) is 15.5. The summed E-state index contributed by atoms with van der Waals surface area (Å²) in [5.41, 5.74) is 1.13. The van der Waals surface area contributed by atoms with E-state index in [9.17, 15) is 4.79 Å². The molecule has 0 heterocycles. The number of carbonyl (C=O) groups excluding carboxylic acids is 1. The van der Waals surface area contributed by atoms with E-state index in [4.69, 9.17) is 4.74 Å². The van der Waals surface area contributed by atoms with Gasteiger partial charge in [0.2, 0.25) is 0 Å². The topological polar surface area (TPSA) is 38.3 Å². The van der Waals surface area contributed by atoms with Crippen molar-refractivity contribution in [3.8, 4) is 5.75 Å². The lowest BCUT2D eigenvalue weighted by molar-refractivity contribution is -0.127. The van der Waals surface area contributed by atoms with E-state index in [1.807, 2.05) is 24.3 Å². The number of carbonyl (C=O) groups is 1. The minimum atomic E-state index is -0.473. The number of hydrogen-bond acceptors (Lipinski definition) is 2. The monoisotopic (exact) mass is 263 g/mol. The number of benzene rings is 1. The third kappa shape index (κ3) is 4.93. The fraction of sp³-hybridized carbons (Fsp3) is 0.562. The van der Waals surface area contributed by atoms with E-state index in [0.29, 0.717) is 18.4 Å². The molecule has 1 N–H and O–H groups in total. The summed E-state index contributed by atoms with van der Waals surface area (Å²) in [6.07, 6.45) is -0.473. The third-order valence-electron chi connectivity index (χ3n) is 2.90. The molecule has 1 aromatic rings. The lowest BCUT2D eigenvalue weighted by Crippen LogP contribution is -2.38. The Morgan fingerprint density at radius 1 is 1.16 bits per heavy atom. The summed E-state index contributed by atoms with van der Waals surface area (Å²) in [6, 6.07) is 7.88. The molecule has 0 spiro atoms. The summed E-state index contributed by atoms with van der Waals surface area (Å²) >= 11 is 0. The Morgan fingerprint density at radius 2 is 1.79 bits per heavy atom. The molecule has 1 amide bonds. The van der Waals surface area contributed by atoms with Gasteiger partial charge in [0.1, 0.15) is 5.75 Å². The highest BCUT2D eigenvalue weighted by molar-refractivity contribution is 5.80. The smallest absolute Gasteiger partial charge is 0.260 e. The second kappa shape index (κ2) is 7.17. The van der Waals surface area contributed by atoms with Crippen LogP contribution in [0.1, 0.15) is 46.1 Å². The quantitative estimate of drug-likeness (QED) is 0.854. The van der Waals surface area contributed by atoms with Gasteiger partial charge in [-0.3, -0.25) is 4.79 Å². The van der Waals surface area contributed by atoms with E-state index in [2.05, 4.69) is 33.0 Å². The Kier molecular flexibility index (Phi) is 5.87. The van der Waals surface area contributed by atoms with Gasteiger partial charge in [-0.2, -0.15) is 0 Å². The molecule has 0 aliphatic heterocycles. The van der Waals surface area contributed by atoms with Crippen molar-refractivity contribution in [1.82, 2.24) is 5.32 Å². The largest absolute Gasteiger partial charge is 0.481 e. The van der Waals surface area contributed by atoms with Crippen LogP contribution in [0.2, 0.25) is 0 Å². The third-order valence-corrected chi connectivity index (χ3v) is 2.90. The van der Waals surface area contributed by atoms with Crippen molar-refractivity contribution in [2.45, 2.75) is 46.6 Å². The standard InChI is InChI=1S/C16H25NO2/c1-11(2)10-17-16(18)13(5)19-15-9-7-6-8-14(15)12(3)4/h6-9,11-13H,10H2,1-5H3,(H,17,18)/t13-/m1/s1. The van der Waals surface area contributed by atoms with Crippen LogP contribution < -0.4 is 10.1 Å². The van der Waals surface area contributed by atoms with Crippen LogP contribution in [0.4, 0.5) is 0 Å². The first-order valence-electron chi connectivity index (χ1n) is 6.95. The highest BCUT2D eigenvalue weighted by Gasteiger charge is 2.16. The van der Waals surface area contributed by atoms with Gasteiger partial charge in [-0.25, -0.2) is 0 Å². The zero-order valence-electron chi connectivity index (χ0n) is 12.6. The fourth-order valence-corrected chi connectivity index (χ4v) is 1.76. The van der Waals surface area contributed by atoms with Crippen molar-refractivity contribution in [1.29, 1.82) is 0 Å². The zero-order valence-corrected chi connectivity index (χ0v) is 12.6. The molecule has 0 fully saturated rings. The molecule has 19 heavy (non-hydrogen) atoms. The van der Waals surface area contributed by atoms with E-state index < -0.39 is 6.10 Å². The maximum Gasteiger partial charge on any atom is 0.260 e.